The summed E-state index contributed by atoms with van der Waals surface area (Å²) in [5.74, 6) is 1.25. The van der Waals surface area contributed by atoms with Crippen molar-refractivity contribution in [3.05, 3.63) is 12.2 Å². The van der Waals surface area contributed by atoms with Gasteiger partial charge in [0, 0.05) is 12.3 Å². The van der Waals surface area contributed by atoms with Crippen molar-refractivity contribution in [2.45, 2.75) is 52.4 Å². The number of hydrogen-bond acceptors (Lipinski definition) is 1. The van der Waals surface area contributed by atoms with Crippen LogP contribution < -0.4 is 0 Å². The van der Waals surface area contributed by atoms with Crippen LogP contribution in [0.5, 0.6) is 0 Å². The highest BCUT2D eigenvalue weighted by Crippen LogP contribution is 2.28. The van der Waals surface area contributed by atoms with Gasteiger partial charge in [-0.25, -0.2) is 0 Å². The van der Waals surface area contributed by atoms with E-state index in [0.29, 0.717) is 11.7 Å². The Morgan fingerprint density at radius 3 is 3.00 bits per heavy atom. The van der Waals surface area contributed by atoms with Gasteiger partial charge in [-0.05, 0) is 25.2 Å². The lowest BCUT2D eigenvalue weighted by molar-refractivity contribution is -0.125. The van der Waals surface area contributed by atoms with Gasteiger partial charge in [0.25, 0.3) is 0 Å². The van der Waals surface area contributed by atoms with Crippen molar-refractivity contribution in [1.29, 1.82) is 0 Å². The summed E-state index contributed by atoms with van der Waals surface area (Å²) >= 11 is 0. The van der Waals surface area contributed by atoms with E-state index >= 15 is 0 Å². The molecule has 0 aromatic rings. The molecule has 1 aliphatic carbocycles. The Labute approximate surface area is 87.6 Å². The highest BCUT2D eigenvalue weighted by molar-refractivity contribution is 5.81. The van der Waals surface area contributed by atoms with Gasteiger partial charge in [-0.15, -0.1) is 0 Å². The van der Waals surface area contributed by atoms with Crippen LogP contribution in [-0.4, -0.2) is 5.78 Å². The second kappa shape index (κ2) is 6.00. The first-order valence-corrected chi connectivity index (χ1v) is 5.95. The number of rotatable bonds is 4. The molecule has 1 heteroatoms. The summed E-state index contributed by atoms with van der Waals surface area (Å²) in [5.41, 5.74) is 0. The van der Waals surface area contributed by atoms with Gasteiger partial charge in [-0.3, -0.25) is 4.79 Å². The first-order chi connectivity index (χ1) is 6.75. The van der Waals surface area contributed by atoms with Gasteiger partial charge < -0.3 is 0 Å². The lowest BCUT2D eigenvalue weighted by Crippen LogP contribution is -2.24. The maximum atomic E-state index is 11.5. The minimum absolute atomic E-state index is 0.265. The van der Waals surface area contributed by atoms with Crippen LogP contribution in [0, 0.1) is 11.8 Å². The van der Waals surface area contributed by atoms with Gasteiger partial charge in [-0.1, -0.05) is 38.8 Å². The smallest absolute Gasteiger partial charge is 0.136 e. The van der Waals surface area contributed by atoms with Gasteiger partial charge in [0.15, 0.2) is 0 Å². The van der Waals surface area contributed by atoms with Crippen LogP contribution in [0.1, 0.15) is 52.4 Å². The first kappa shape index (κ1) is 11.5. The topological polar surface area (TPSA) is 17.1 Å². The minimum atomic E-state index is 0.265. The third kappa shape index (κ3) is 3.28. The Balaban J connectivity index is 2.35. The molecule has 0 heterocycles. The summed E-state index contributed by atoms with van der Waals surface area (Å²) in [4.78, 5) is 11.5. The third-order valence-corrected chi connectivity index (χ3v) is 3.22. The summed E-state index contributed by atoms with van der Waals surface area (Å²) in [6.07, 6.45) is 11.3. The average Bonchev–Trinajstić information content (AvgIpc) is 2.19. The Morgan fingerprint density at radius 1 is 1.50 bits per heavy atom. The second-order valence-corrected chi connectivity index (χ2v) is 4.38. The standard InChI is InChI=1S/C13H22O/c1-3-4-5-6-8-12-9-7-10-13(14)11(12)2/h6,8,11-12H,3-5,7,9-10H2,1-2H3/b8-6+/t11-,12+/m0/s1. The van der Waals surface area contributed by atoms with Crippen molar-refractivity contribution in [1.82, 2.24) is 0 Å². The SMILES string of the molecule is CCCC/C=C/[C@@H]1CCCC(=O)[C@H]1C. The molecule has 1 saturated carbocycles. The molecule has 0 N–H and O–H groups in total. The van der Waals surface area contributed by atoms with E-state index in [0.717, 1.165) is 12.8 Å². The van der Waals surface area contributed by atoms with Gasteiger partial charge in [-0.2, -0.15) is 0 Å². The van der Waals surface area contributed by atoms with Crippen LogP contribution in [-0.2, 0) is 4.79 Å². The maximum absolute atomic E-state index is 11.5. The lowest BCUT2D eigenvalue weighted by atomic mass is 9.79. The van der Waals surface area contributed by atoms with E-state index in [9.17, 15) is 4.79 Å². The number of Topliss-reactive ketones (excluding diaryl/α,β-unsaturated/α-hetero) is 1. The molecule has 0 aliphatic heterocycles. The van der Waals surface area contributed by atoms with Crippen molar-refractivity contribution in [3.63, 3.8) is 0 Å². The van der Waals surface area contributed by atoms with Gasteiger partial charge in [0.2, 0.25) is 0 Å². The molecule has 0 spiro atoms. The number of carbonyl (C=O) groups excluding carboxylic acids is 1. The van der Waals surface area contributed by atoms with Gasteiger partial charge in [0.05, 0.1) is 0 Å². The van der Waals surface area contributed by atoms with Crippen LogP contribution in [0.4, 0.5) is 0 Å². The monoisotopic (exact) mass is 194 g/mol. The molecule has 1 fully saturated rings. The van der Waals surface area contributed by atoms with E-state index in [-0.39, 0.29) is 5.92 Å². The quantitative estimate of drug-likeness (QED) is 0.492. The number of hydrogen-bond donors (Lipinski definition) is 0. The molecule has 2 atom stereocenters. The molecule has 0 unspecified atom stereocenters. The summed E-state index contributed by atoms with van der Waals surface area (Å²) in [7, 11) is 0. The van der Waals surface area contributed by atoms with E-state index in [2.05, 4.69) is 26.0 Å². The highest BCUT2D eigenvalue weighted by Gasteiger charge is 2.25. The molecule has 0 bridgehead atoms. The van der Waals surface area contributed by atoms with Crippen LogP contribution in [0.2, 0.25) is 0 Å². The Kier molecular flexibility index (Phi) is 4.92. The fraction of sp³-hybridized carbons (Fsp3) is 0.769. The average molecular weight is 194 g/mol. The zero-order chi connectivity index (χ0) is 10.4. The van der Waals surface area contributed by atoms with E-state index in [1.807, 2.05) is 0 Å². The van der Waals surface area contributed by atoms with Crippen LogP contribution >= 0.6 is 0 Å². The van der Waals surface area contributed by atoms with Crippen LogP contribution in [0.3, 0.4) is 0 Å². The van der Waals surface area contributed by atoms with Crippen molar-refractivity contribution >= 4 is 5.78 Å². The fourth-order valence-electron chi connectivity index (χ4n) is 2.08. The number of ketones is 1. The predicted molar refractivity (Wildman–Crippen MR) is 60.2 cm³/mol. The molecule has 0 amide bonds. The molecule has 0 aromatic heterocycles. The second-order valence-electron chi connectivity index (χ2n) is 4.38. The fourth-order valence-corrected chi connectivity index (χ4v) is 2.08. The van der Waals surface area contributed by atoms with E-state index < -0.39 is 0 Å². The molecule has 0 radical (unpaired) electrons. The Bertz CT molecular complexity index is 205. The first-order valence-electron chi connectivity index (χ1n) is 5.95. The van der Waals surface area contributed by atoms with Crippen LogP contribution in [0.15, 0.2) is 12.2 Å². The van der Waals surface area contributed by atoms with E-state index in [1.165, 1.54) is 25.7 Å². The molecular formula is C13H22O. The normalized spacial score (nSPS) is 28.6. The number of carbonyl (C=O) groups is 1. The molecule has 80 valence electrons. The largest absolute Gasteiger partial charge is 0.299 e. The van der Waals surface area contributed by atoms with Crippen molar-refractivity contribution in [2.24, 2.45) is 11.8 Å². The molecule has 1 aliphatic rings. The zero-order valence-corrected chi connectivity index (χ0v) is 9.46. The molecule has 0 aromatic carbocycles. The third-order valence-electron chi connectivity index (χ3n) is 3.22. The Morgan fingerprint density at radius 2 is 2.29 bits per heavy atom. The van der Waals surface area contributed by atoms with E-state index in [4.69, 9.17) is 0 Å². The molecule has 1 nitrogen and oxygen atoms in total. The molecular weight excluding hydrogens is 172 g/mol. The summed E-state index contributed by atoms with van der Waals surface area (Å²) in [6, 6.07) is 0. The summed E-state index contributed by atoms with van der Waals surface area (Å²) in [6.45, 7) is 4.29. The zero-order valence-electron chi connectivity index (χ0n) is 9.46. The van der Waals surface area contributed by atoms with Crippen molar-refractivity contribution in [3.8, 4) is 0 Å². The predicted octanol–water partition coefficient (Wildman–Crippen LogP) is 3.74. The molecule has 14 heavy (non-hydrogen) atoms. The Hall–Kier alpha value is -0.590. The minimum Gasteiger partial charge on any atom is -0.299 e. The number of allylic oxidation sites excluding steroid dienone is 2. The summed E-state index contributed by atoms with van der Waals surface area (Å²) < 4.78 is 0. The number of unbranched alkanes of at least 4 members (excludes halogenated alkanes) is 2. The van der Waals surface area contributed by atoms with Gasteiger partial charge in [0.1, 0.15) is 5.78 Å². The van der Waals surface area contributed by atoms with Crippen LogP contribution in [0.25, 0.3) is 0 Å². The lowest BCUT2D eigenvalue weighted by Gasteiger charge is -2.24. The molecule has 1 rings (SSSR count). The van der Waals surface area contributed by atoms with Gasteiger partial charge >= 0.3 is 0 Å². The maximum Gasteiger partial charge on any atom is 0.136 e. The summed E-state index contributed by atoms with van der Waals surface area (Å²) in [5, 5.41) is 0. The van der Waals surface area contributed by atoms with Crippen molar-refractivity contribution in [2.75, 3.05) is 0 Å². The van der Waals surface area contributed by atoms with E-state index in [1.54, 1.807) is 0 Å². The van der Waals surface area contributed by atoms with Crippen molar-refractivity contribution < 1.29 is 4.79 Å². The highest BCUT2D eigenvalue weighted by atomic mass is 16.1. The molecule has 0 saturated heterocycles.